The first-order valence-corrected chi connectivity index (χ1v) is 23.7. The Kier molecular flexibility index (Phi) is 10.9. The molecule has 10 aromatic rings. The van der Waals surface area contributed by atoms with Gasteiger partial charge in [-0.3, -0.25) is 0 Å². The van der Waals surface area contributed by atoms with Gasteiger partial charge < -0.3 is 14.2 Å². The number of fused-ring (bicyclic) bond motifs is 4. The third-order valence-electron chi connectivity index (χ3n) is 13.3. The van der Waals surface area contributed by atoms with Gasteiger partial charge in [0.15, 0.2) is 0 Å². The van der Waals surface area contributed by atoms with Crippen LogP contribution >= 0.6 is 0 Å². The minimum absolute atomic E-state index is 0.00134. The molecule has 9 aromatic carbocycles. The Balaban J connectivity index is 1.34. The van der Waals surface area contributed by atoms with Gasteiger partial charge in [0, 0.05) is 45.2 Å². The zero-order valence-electron chi connectivity index (χ0n) is 40.4. The van der Waals surface area contributed by atoms with Gasteiger partial charge in [-0.25, -0.2) is 0 Å². The van der Waals surface area contributed by atoms with E-state index in [2.05, 4.69) is 266 Å². The predicted molar refractivity (Wildman–Crippen MR) is 288 cm³/mol. The van der Waals surface area contributed by atoms with E-state index in [1.165, 1.54) is 33.0 Å². The molecule has 0 bridgehead atoms. The van der Waals surface area contributed by atoms with Gasteiger partial charge in [0.2, 0.25) is 0 Å². The molecule has 0 N–H and O–H groups in total. The van der Waals surface area contributed by atoms with Crippen molar-refractivity contribution in [3.8, 4) is 22.3 Å². The summed E-state index contributed by atoms with van der Waals surface area (Å²) in [6.07, 6.45) is 0. The van der Waals surface area contributed by atoms with Crippen LogP contribution in [0.4, 0.5) is 34.1 Å². The number of rotatable bonds is 8. The molecule has 332 valence electrons. The van der Waals surface area contributed by atoms with E-state index in [-0.39, 0.29) is 16.2 Å². The summed E-state index contributed by atoms with van der Waals surface area (Å²) in [5.41, 5.74) is 16.3. The van der Waals surface area contributed by atoms with Crippen molar-refractivity contribution in [3.05, 3.63) is 217 Å². The third kappa shape index (κ3) is 8.51. The first-order chi connectivity index (χ1) is 32.1. The first kappa shape index (κ1) is 43.5. The molecular formula is C64H60N2O. The van der Waals surface area contributed by atoms with Gasteiger partial charge in [-0.15, -0.1) is 0 Å². The second kappa shape index (κ2) is 16.8. The molecule has 0 aliphatic heterocycles. The van der Waals surface area contributed by atoms with Gasteiger partial charge in [0.1, 0.15) is 11.2 Å². The average Bonchev–Trinajstić information content (AvgIpc) is 3.69. The summed E-state index contributed by atoms with van der Waals surface area (Å²) < 4.78 is 6.65. The van der Waals surface area contributed by atoms with Crippen molar-refractivity contribution in [2.24, 2.45) is 0 Å². The van der Waals surface area contributed by atoms with Crippen molar-refractivity contribution in [2.75, 3.05) is 9.80 Å². The van der Waals surface area contributed by atoms with Crippen LogP contribution in [0.2, 0.25) is 0 Å². The standard InChI is InChI=1S/C64H60N2O/c1-62(2,3)48-27-32-51(33-28-48)65(53-31-26-44-20-13-14-21-46(44)39-53)57-40-50(64(7,8)9)41-58(61(57)47-23-17-22-45(38-47)43-18-11-10-12-19-43)66(52-34-29-49(30-35-52)63(4,5)6)54-36-37-56-55-24-15-16-25-59(55)67-60(56)42-54/h10-42H,1-9H3. The monoisotopic (exact) mass is 872 g/mol. The van der Waals surface area contributed by atoms with Crippen LogP contribution in [0.5, 0.6) is 0 Å². The average molecular weight is 873 g/mol. The molecule has 0 saturated carbocycles. The summed E-state index contributed by atoms with van der Waals surface area (Å²) in [5.74, 6) is 0. The van der Waals surface area contributed by atoms with Crippen LogP contribution in [0.1, 0.15) is 79.0 Å². The molecule has 3 heteroatoms. The molecule has 0 saturated heterocycles. The quantitative estimate of drug-likeness (QED) is 0.152. The smallest absolute Gasteiger partial charge is 0.137 e. The van der Waals surface area contributed by atoms with Gasteiger partial charge in [-0.2, -0.15) is 0 Å². The molecule has 1 aromatic heterocycles. The molecule has 10 rings (SSSR count). The minimum Gasteiger partial charge on any atom is -0.456 e. The molecule has 0 atom stereocenters. The van der Waals surface area contributed by atoms with E-state index >= 15 is 0 Å². The van der Waals surface area contributed by atoms with Crippen molar-refractivity contribution < 1.29 is 4.42 Å². The molecule has 1 heterocycles. The molecule has 67 heavy (non-hydrogen) atoms. The Labute approximate surface area is 397 Å². The lowest BCUT2D eigenvalue weighted by molar-refractivity contribution is 0.589. The Morgan fingerprint density at radius 1 is 0.313 bits per heavy atom. The molecular weight excluding hydrogens is 813 g/mol. The lowest BCUT2D eigenvalue weighted by Crippen LogP contribution is -2.20. The third-order valence-corrected chi connectivity index (χ3v) is 13.3. The molecule has 3 nitrogen and oxygen atoms in total. The number of benzene rings is 9. The van der Waals surface area contributed by atoms with Crippen molar-refractivity contribution in [2.45, 2.75) is 78.6 Å². The molecule has 0 amide bonds. The maximum absolute atomic E-state index is 6.65. The Bertz CT molecular complexity index is 3390. The van der Waals surface area contributed by atoms with Gasteiger partial charge >= 0.3 is 0 Å². The highest BCUT2D eigenvalue weighted by Gasteiger charge is 2.30. The molecule has 0 radical (unpaired) electrons. The highest BCUT2D eigenvalue weighted by molar-refractivity contribution is 6.07. The SMILES string of the molecule is CC(C)(C)c1ccc(N(c2ccc3ccccc3c2)c2cc(C(C)(C)C)cc(N(c3ccc(C(C)(C)C)cc3)c3ccc4c(c3)oc3ccccc34)c2-c2cccc(-c3ccccc3)c2)cc1. The highest BCUT2D eigenvalue weighted by Crippen LogP contribution is 2.52. The summed E-state index contributed by atoms with van der Waals surface area (Å²) in [5, 5.41) is 4.61. The summed E-state index contributed by atoms with van der Waals surface area (Å²) in [6.45, 7) is 20.7. The number of furan rings is 1. The van der Waals surface area contributed by atoms with Gasteiger partial charge in [-0.05, 0) is 133 Å². The number of hydrogen-bond donors (Lipinski definition) is 0. The number of nitrogens with zero attached hydrogens (tertiary/aromatic N) is 2. The molecule has 0 unspecified atom stereocenters. The normalized spacial score (nSPS) is 12.3. The topological polar surface area (TPSA) is 19.6 Å². The zero-order valence-corrected chi connectivity index (χ0v) is 40.4. The van der Waals surface area contributed by atoms with E-state index in [0.717, 1.165) is 72.8 Å². The van der Waals surface area contributed by atoms with Crippen LogP contribution in [0.25, 0.3) is 55.0 Å². The van der Waals surface area contributed by atoms with Crippen LogP contribution < -0.4 is 9.80 Å². The van der Waals surface area contributed by atoms with Crippen LogP contribution in [-0.4, -0.2) is 0 Å². The summed E-state index contributed by atoms with van der Waals surface area (Å²) in [6, 6.07) is 73.8. The van der Waals surface area contributed by atoms with E-state index in [4.69, 9.17) is 4.42 Å². The fourth-order valence-electron chi connectivity index (χ4n) is 9.42. The Morgan fingerprint density at radius 3 is 1.40 bits per heavy atom. The van der Waals surface area contributed by atoms with Crippen molar-refractivity contribution in [1.82, 2.24) is 0 Å². The van der Waals surface area contributed by atoms with Crippen molar-refractivity contribution in [3.63, 3.8) is 0 Å². The first-order valence-electron chi connectivity index (χ1n) is 23.7. The van der Waals surface area contributed by atoms with Crippen LogP contribution in [0.15, 0.2) is 205 Å². The Hall–Kier alpha value is -7.36. The number of hydrogen-bond acceptors (Lipinski definition) is 3. The number of para-hydroxylation sites is 1. The Morgan fingerprint density at radius 2 is 0.791 bits per heavy atom. The van der Waals surface area contributed by atoms with Crippen LogP contribution in [0.3, 0.4) is 0 Å². The van der Waals surface area contributed by atoms with Crippen LogP contribution in [0, 0.1) is 0 Å². The predicted octanol–water partition coefficient (Wildman–Crippen LogP) is 18.9. The molecule has 0 fully saturated rings. The van der Waals surface area contributed by atoms with Crippen molar-refractivity contribution >= 4 is 66.8 Å². The second-order valence-electron chi connectivity index (χ2n) is 21.2. The minimum atomic E-state index is -0.219. The van der Waals surface area contributed by atoms with E-state index in [0.29, 0.717) is 0 Å². The maximum atomic E-state index is 6.65. The van der Waals surface area contributed by atoms with E-state index in [1.54, 1.807) is 0 Å². The van der Waals surface area contributed by atoms with E-state index in [1.807, 2.05) is 6.07 Å². The van der Waals surface area contributed by atoms with E-state index < -0.39 is 0 Å². The fourth-order valence-corrected chi connectivity index (χ4v) is 9.42. The summed E-state index contributed by atoms with van der Waals surface area (Å²) in [7, 11) is 0. The molecule has 0 aliphatic carbocycles. The fraction of sp³-hybridized carbons (Fsp3) is 0.188. The zero-order chi connectivity index (χ0) is 46.7. The summed E-state index contributed by atoms with van der Waals surface area (Å²) >= 11 is 0. The number of anilines is 6. The summed E-state index contributed by atoms with van der Waals surface area (Å²) in [4.78, 5) is 4.95. The lowest BCUT2D eigenvalue weighted by atomic mass is 9.83. The van der Waals surface area contributed by atoms with Gasteiger partial charge in [-0.1, -0.05) is 184 Å². The van der Waals surface area contributed by atoms with Gasteiger partial charge in [0.25, 0.3) is 0 Å². The highest BCUT2D eigenvalue weighted by atomic mass is 16.3. The largest absolute Gasteiger partial charge is 0.456 e. The maximum Gasteiger partial charge on any atom is 0.137 e. The van der Waals surface area contributed by atoms with Crippen molar-refractivity contribution in [1.29, 1.82) is 0 Å². The van der Waals surface area contributed by atoms with Crippen LogP contribution in [-0.2, 0) is 16.2 Å². The molecule has 0 aliphatic rings. The second-order valence-corrected chi connectivity index (χ2v) is 21.2. The lowest BCUT2D eigenvalue weighted by Gasteiger charge is -2.36. The van der Waals surface area contributed by atoms with Gasteiger partial charge in [0.05, 0.1) is 11.4 Å². The molecule has 0 spiro atoms. The van der Waals surface area contributed by atoms with E-state index in [9.17, 15) is 0 Å².